The van der Waals surface area contributed by atoms with Crippen LogP contribution in [0.2, 0.25) is 0 Å². The molecule has 4 rings (SSSR count). The van der Waals surface area contributed by atoms with Crippen LogP contribution in [-0.2, 0) is 19.1 Å². The van der Waals surface area contributed by atoms with E-state index in [1.165, 1.54) is 0 Å². The Morgan fingerprint density at radius 1 is 1.00 bits per heavy atom. The summed E-state index contributed by atoms with van der Waals surface area (Å²) in [5.41, 5.74) is 0.127. The molecule has 168 valence electrons. The molecule has 0 atom stereocenters. The minimum atomic E-state index is -1.11. The highest BCUT2D eigenvalue weighted by Gasteiger charge is 2.54. The number of alkyl halides is 2. The van der Waals surface area contributed by atoms with E-state index in [0.29, 0.717) is 58.9 Å². The lowest BCUT2D eigenvalue weighted by molar-refractivity contribution is -0.143. The largest absolute Gasteiger partial charge is 0.378 e. The number of likely N-dealkylation sites (tertiary alicyclic amines) is 1. The number of hydrogen-bond acceptors (Lipinski definition) is 5. The highest BCUT2D eigenvalue weighted by atomic mass is 35.5. The van der Waals surface area contributed by atoms with Crippen molar-refractivity contribution in [2.45, 2.75) is 23.2 Å². The van der Waals surface area contributed by atoms with E-state index >= 15 is 0 Å². The molecule has 3 aliphatic heterocycles. The van der Waals surface area contributed by atoms with Crippen LogP contribution in [0.15, 0.2) is 30.3 Å². The van der Waals surface area contributed by atoms with Gasteiger partial charge in [0.05, 0.1) is 19.9 Å². The van der Waals surface area contributed by atoms with Gasteiger partial charge in [0.1, 0.15) is 12.1 Å². The van der Waals surface area contributed by atoms with Crippen molar-refractivity contribution in [3.05, 3.63) is 30.3 Å². The molecule has 0 bridgehead atoms. The first kappa shape index (κ1) is 22.2. The standard InChI is InChI=1S/C21H26Cl2N4O4/c22-18(23)19(29)25-8-6-21(7-9-25)20(30)26(14-17(28)24-10-12-31-13-11-24)15-27(21)16-4-2-1-3-5-16/h1-5,18H,6-15H2. The molecule has 3 saturated heterocycles. The topological polar surface area (TPSA) is 73.4 Å². The summed E-state index contributed by atoms with van der Waals surface area (Å²) in [7, 11) is 0. The number of nitrogens with zero attached hydrogens (tertiary/aromatic N) is 4. The number of benzene rings is 1. The molecule has 0 aliphatic carbocycles. The first-order valence-electron chi connectivity index (χ1n) is 10.5. The molecule has 0 unspecified atom stereocenters. The summed E-state index contributed by atoms with van der Waals surface area (Å²) in [5, 5.41) is 0. The number of ether oxygens (including phenoxy) is 1. The highest BCUT2D eigenvalue weighted by molar-refractivity contribution is 6.53. The summed E-state index contributed by atoms with van der Waals surface area (Å²) < 4.78 is 5.32. The Bertz CT molecular complexity index is 824. The fourth-order valence-electron chi connectivity index (χ4n) is 4.63. The maximum absolute atomic E-state index is 13.6. The Labute approximate surface area is 191 Å². The first-order chi connectivity index (χ1) is 14.9. The van der Waals surface area contributed by atoms with E-state index in [1.807, 2.05) is 30.3 Å². The fourth-order valence-corrected chi connectivity index (χ4v) is 4.91. The van der Waals surface area contributed by atoms with Gasteiger partial charge in [-0.1, -0.05) is 41.4 Å². The van der Waals surface area contributed by atoms with Crippen molar-refractivity contribution in [1.82, 2.24) is 14.7 Å². The van der Waals surface area contributed by atoms with Crippen LogP contribution in [0, 0.1) is 0 Å². The van der Waals surface area contributed by atoms with Crippen molar-refractivity contribution >= 4 is 46.6 Å². The summed E-state index contributed by atoms with van der Waals surface area (Å²) in [6.07, 6.45) is 0.907. The number of piperidine rings is 1. The fraction of sp³-hybridized carbons (Fsp3) is 0.571. The van der Waals surface area contributed by atoms with Crippen molar-refractivity contribution in [2.24, 2.45) is 0 Å². The average Bonchev–Trinajstić information content (AvgIpc) is 3.06. The number of halogens is 2. The van der Waals surface area contributed by atoms with Gasteiger partial charge in [-0.15, -0.1) is 0 Å². The van der Waals surface area contributed by atoms with Crippen LogP contribution < -0.4 is 4.90 Å². The van der Waals surface area contributed by atoms with Crippen molar-refractivity contribution in [2.75, 3.05) is 57.5 Å². The van der Waals surface area contributed by atoms with Gasteiger partial charge in [-0.05, 0) is 25.0 Å². The number of para-hydroxylation sites is 1. The Kier molecular flexibility index (Phi) is 6.60. The molecule has 1 spiro atoms. The molecule has 0 saturated carbocycles. The lowest BCUT2D eigenvalue weighted by Gasteiger charge is -2.43. The van der Waals surface area contributed by atoms with Gasteiger partial charge in [0.15, 0.2) is 4.84 Å². The lowest BCUT2D eigenvalue weighted by atomic mass is 9.85. The summed E-state index contributed by atoms with van der Waals surface area (Å²) >= 11 is 11.5. The summed E-state index contributed by atoms with van der Waals surface area (Å²) in [6, 6.07) is 9.72. The maximum Gasteiger partial charge on any atom is 0.255 e. The molecule has 3 fully saturated rings. The third-order valence-electron chi connectivity index (χ3n) is 6.36. The van der Waals surface area contributed by atoms with Crippen LogP contribution in [-0.4, -0.2) is 95.4 Å². The Morgan fingerprint density at radius 2 is 1.65 bits per heavy atom. The molecule has 3 amide bonds. The van der Waals surface area contributed by atoms with Crippen LogP contribution in [0.4, 0.5) is 5.69 Å². The summed E-state index contributed by atoms with van der Waals surface area (Å²) in [4.78, 5) is 44.6. The lowest BCUT2D eigenvalue weighted by Crippen LogP contribution is -2.58. The van der Waals surface area contributed by atoms with Crippen molar-refractivity contribution in [1.29, 1.82) is 0 Å². The van der Waals surface area contributed by atoms with Crippen LogP contribution in [0.1, 0.15) is 12.8 Å². The maximum atomic E-state index is 13.6. The van der Waals surface area contributed by atoms with Crippen LogP contribution in [0.25, 0.3) is 0 Å². The molecule has 0 aromatic heterocycles. The Hall–Kier alpha value is -2.03. The summed E-state index contributed by atoms with van der Waals surface area (Å²) in [5.74, 6) is -0.478. The van der Waals surface area contributed by atoms with E-state index in [-0.39, 0.29) is 24.3 Å². The van der Waals surface area contributed by atoms with E-state index in [0.717, 1.165) is 5.69 Å². The van der Waals surface area contributed by atoms with Crippen LogP contribution in [0.5, 0.6) is 0 Å². The molecular weight excluding hydrogens is 443 g/mol. The Balaban J connectivity index is 1.54. The smallest absolute Gasteiger partial charge is 0.255 e. The minimum Gasteiger partial charge on any atom is -0.378 e. The van der Waals surface area contributed by atoms with Gasteiger partial charge in [-0.3, -0.25) is 14.4 Å². The zero-order valence-corrected chi connectivity index (χ0v) is 18.7. The van der Waals surface area contributed by atoms with Gasteiger partial charge < -0.3 is 24.3 Å². The molecule has 0 N–H and O–H groups in total. The van der Waals surface area contributed by atoms with Crippen molar-refractivity contribution in [3.63, 3.8) is 0 Å². The second kappa shape index (κ2) is 9.22. The number of carbonyl (C=O) groups is 3. The summed E-state index contributed by atoms with van der Waals surface area (Å²) in [6.45, 7) is 3.27. The Morgan fingerprint density at radius 3 is 2.26 bits per heavy atom. The predicted molar refractivity (Wildman–Crippen MR) is 117 cm³/mol. The molecule has 1 aromatic rings. The highest BCUT2D eigenvalue weighted by Crippen LogP contribution is 2.39. The van der Waals surface area contributed by atoms with Crippen LogP contribution in [0.3, 0.4) is 0 Å². The molecule has 1 aromatic carbocycles. The first-order valence-corrected chi connectivity index (χ1v) is 11.3. The van der Waals surface area contributed by atoms with Gasteiger partial charge in [0, 0.05) is 31.9 Å². The zero-order valence-electron chi connectivity index (χ0n) is 17.2. The molecule has 3 heterocycles. The predicted octanol–water partition coefficient (Wildman–Crippen LogP) is 1.32. The SMILES string of the molecule is O=C(CN1CN(c2ccccc2)C2(CCN(C(=O)C(Cl)Cl)CC2)C1=O)N1CCOCC1. The number of anilines is 1. The third kappa shape index (κ3) is 4.33. The van der Waals surface area contributed by atoms with Crippen LogP contribution >= 0.6 is 23.2 Å². The molecule has 10 heteroatoms. The van der Waals surface area contributed by atoms with Gasteiger partial charge in [0.25, 0.3) is 11.8 Å². The number of rotatable bonds is 4. The third-order valence-corrected chi connectivity index (χ3v) is 6.73. The van der Waals surface area contributed by atoms with E-state index in [4.69, 9.17) is 27.9 Å². The monoisotopic (exact) mass is 468 g/mol. The van der Waals surface area contributed by atoms with Crippen molar-refractivity contribution < 1.29 is 19.1 Å². The van der Waals surface area contributed by atoms with E-state index in [9.17, 15) is 14.4 Å². The van der Waals surface area contributed by atoms with Gasteiger partial charge in [-0.2, -0.15) is 0 Å². The van der Waals surface area contributed by atoms with Crippen molar-refractivity contribution in [3.8, 4) is 0 Å². The van der Waals surface area contributed by atoms with Gasteiger partial charge >= 0.3 is 0 Å². The van der Waals surface area contributed by atoms with E-state index in [1.54, 1.807) is 14.7 Å². The van der Waals surface area contributed by atoms with Gasteiger partial charge in [-0.25, -0.2) is 0 Å². The molecular formula is C21H26Cl2N4O4. The second-order valence-electron chi connectivity index (χ2n) is 8.06. The quantitative estimate of drug-likeness (QED) is 0.622. The molecule has 8 nitrogen and oxygen atoms in total. The number of carbonyl (C=O) groups excluding carboxylic acids is 3. The number of hydrogen-bond donors (Lipinski definition) is 0. The minimum absolute atomic E-state index is 0.0397. The zero-order chi connectivity index (χ0) is 22.0. The van der Waals surface area contributed by atoms with E-state index in [2.05, 4.69) is 4.90 Å². The van der Waals surface area contributed by atoms with Gasteiger partial charge in [0.2, 0.25) is 5.91 Å². The second-order valence-corrected chi connectivity index (χ2v) is 9.16. The molecule has 0 radical (unpaired) electrons. The van der Waals surface area contributed by atoms with E-state index < -0.39 is 10.4 Å². The average molecular weight is 469 g/mol. The molecule has 3 aliphatic rings. The number of morpholine rings is 1. The molecule has 31 heavy (non-hydrogen) atoms. The number of amides is 3. The normalized spacial score (nSPS) is 21.3.